The lowest BCUT2D eigenvalue weighted by Crippen LogP contribution is -2.17. The second kappa shape index (κ2) is 13.1. The second-order valence-electron chi connectivity index (χ2n) is 5.97. The van der Waals surface area contributed by atoms with Gasteiger partial charge >= 0.3 is 5.97 Å². The Hall–Kier alpha value is -0.860. The zero-order chi connectivity index (χ0) is 15.2. The van der Waals surface area contributed by atoms with Crippen molar-refractivity contribution >= 4 is 11.8 Å². The molecule has 118 valence electrons. The number of carbonyl (C=O) groups is 2. The van der Waals surface area contributed by atoms with E-state index in [1.807, 2.05) is 0 Å². The molecule has 0 saturated heterocycles. The molecule has 0 rings (SSSR count). The lowest BCUT2D eigenvalue weighted by molar-refractivity contribution is -0.154. The minimum atomic E-state index is -0.636. The third-order valence-corrected chi connectivity index (χ3v) is 3.39. The van der Waals surface area contributed by atoms with Crippen molar-refractivity contribution in [1.29, 1.82) is 0 Å². The molecule has 0 bridgehead atoms. The summed E-state index contributed by atoms with van der Waals surface area (Å²) >= 11 is 0. The van der Waals surface area contributed by atoms with Crippen LogP contribution in [-0.4, -0.2) is 18.4 Å². The van der Waals surface area contributed by atoms with Crippen molar-refractivity contribution in [2.24, 2.45) is 5.92 Å². The van der Waals surface area contributed by atoms with Gasteiger partial charge in [-0.1, -0.05) is 65.7 Å². The molecular formula is C17H32O3. The van der Waals surface area contributed by atoms with Crippen LogP contribution in [0.2, 0.25) is 0 Å². The van der Waals surface area contributed by atoms with E-state index in [-0.39, 0.29) is 5.78 Å². The molecule has 0 spiro atoms. The summed E-state index contributed by atoms with van der Waals surface area (Å²) in [6.07, 6.45) is 10.1. The molecule has 0 aliphatic rings. The van der Waals surface area contributed by atoms with E-state index in [9.17, 15) is 9.59 Å². The van der Waals surface area contributed by atoms with Crippen molar-refractivity contribution in [2.45, 2.75) is 85.0 Å². The molecule has 0 saturated carbocycles. The van der Waals surface area contributed by atoms with E-state index in [1.54, 1.807) is 0 Å². The topological polar surface area (TPSA) is 43.4 Å². The van der Waals surface area contributed by atoms with Gasteiger partial charge in [-0.25, -0.2) is 4.79 Å². The molecule has 3 heteroatoms. The van der Waals surface area contributed by atoms with Crippen LogP contribution in [0.5, 0.6) is 0 Å². The Morgan fingerprint density at radius 3 is 2.20 bits per heavy atom. The standard InChI is InChI=1S/C17H32O3/c1-4-5-6-7-8-11-14-20-17(19)16(18)13-10-9-12-15(2)3/h15H,4-14H2,1-3H3. The normalized spacial score (nSPS) is 10.8. The average Bonchev–Trinajstić information content (AvgIpc) is 2.41. The number of Topliss-reactive ketones (excluding diaryl/α,β-unsaturated/α-hetero) is 1. The third-order valence-electron chi connectivity index (χ3n) is 3.39. The summed E-state index contributed by atoms with van der Waals surface area (Å²) in [5.41, 5.74) is 0. The Morgan fingerprint density at radius 2 is 1.55 bits per heavy atom. The first-order valence-electron chi connectivity index (χ1n) is 8.27. The molecule has 0 aromatic heterocycles. The molecule has 0 radical (unpaired) electrons. The van der Waals surface area contributed by atoms with Crippen molar-refractivity contribution in [3.05, 3.63) is 0 Å². The highest BCUT2D eigenvalue weighted by Gasteiger charge is 2.14. The van der Waals surface area contributed by atoms with Gasteiger partial charge < -0.3 is 4.74 Å². The van der Waals surface area contributed by atoms with Crippen molar-refractivity contribution in [2.75, 3.05) is 6.61 Å². The number of unbranched alkanes of at least 4 members (excludes halogenated alkanes) is 6. The van der Waals surface area contributed by atoms with Crippen molar-refractivity contribution in [3.8, 4) is 0 Å². The molecule has 0 aromatic rings. The number of esters is 1. The average molecular weight is 284 g/mol. The smallest absolute Gasteiger partial charge is 0.374 e. The Bertz CT molecular complexity index is 259. The minimum absolute atomic E-state index is 0.335. The monoisotopic (exact) mass is 284 g/mol. The number of hydrogen-bond donors (Lipinski definition) is 0. The predicted octanol–water partition coefficient (Wildman–Crippen LogP) is 4.68. The van der Waals surface area contributed by atoms with Gasteiger partial charge in [-0.15, -0.1) is 0 Å². The number of ketones is 1. The van der Waals surface area contributed by atoms with Crippen LogP contribution in [0.3, 0.4) is 0 Å². The van der Waals surface area contributed by atoms with E-state index in [0.29, 0.717) is 18.9 Å². The predicted molar refractivity (Wildman–Crippen MR) is 82.6 cm³/mol. The van der Waals surface area contributed by atoms with Crippen molar-refractivity contribution in [3.63, 3.8) is 0 Å². The highest BCUT2D eigenvalue weighted by atomic mass is 16.5. The first kappa shape index (κ1) is 19.1. The number of rotatable bonds is 13. The van der Waals surface area contributed by atoms with Crippen LogP contribution in [0.15, 0.2) is 0 Å². The summed E-state index contributed by atoms with van der Waals surface area (Å²) in [6.45, 7) is 6.91. The highest BCUT2D eigenvalue weighted by molar-refractivity contribution is 6.33. The fourth-order valence-corrected chi connectivity index (χ4v) is 2.07. The molecule has 0 aliphatic heterocycles. The van der Waals surface area contributed by atoms with Crippen LogP contribution < -0.4 is 0 Å². The third kappa shape index (κ3) is 12.2. The minimum Gasteiger partial charge on any atom is -0.460 e. The summed E-state index contributed by atoms with van der Waals surface area (Å²) in [6, 6.07) is 0. The highest BCUT2D eigenvalue weighted by Crippen LogP contribution is 2.09. The number of ether oxygens (including phenoxy) is 1. The van der Waals surface area contributed by atoms with Crippen molar-refractivity contribution < 1.29 is 14.3 Å². The summed E-state index contributed by atoms with van der Waals surface area (Å²) in [4.78, 5) is 23.0. The molecule has 0 fully saturated rings. The zero-order valence-corrected chi connectivity index (χ0v) is 13.6. The molecule has 0 aliphatic carbocycles. The van der Waals surface area contributed by atoms with Crippen LogP contribution in [0, 0.1) is 5.92 Å². The molecule has 0 heterocycles. The van der Waals surface area contributed by atoms with Gasteiger partial charge in [0.15, 0.2) is 0 Å². The van der Waals surface area contributed by atoms with Crippen LogP contribution in [0.25, 0.3) is 0 Å². The summed E-state index contributed by atoms with van der Waals surface area (Å²) in [5, 5.41) is 0. The van der Waals surface area contributed by atoms with Gasteiger partial charge in [-0.05, 0) is 18.8 Å². The first-order chi connectivity index (χ1) is 9.57. The number of carbonyl (C=O) groups excluding carboxylic acids is 2. The lowest BCUT2D eigenvalue weighted by atomic mass is 10.0. The van der Waals surface area contributed by atoms with Crippen LogP contribution in [-0.2, 0) is 14.3 Å². The maximum Gasteiger partial charge on any atom is 0.374 e. The molecule has 20 heavy (non-hydrogen) atoms. The molecule has 0 amide bonds. The Labute approximate surface area is 124 Å². The number of hydrogen-bond acceptors (Lipinski definition) is 3. The van der Waals surface area contributed by atoms with Crippen LogP contribution >= 0.6 is 0 Å². The molecular weight excluding hydrogens is 252 g/mol. The Kier molecular flexibility index (Phi) is 12.6. The van der Waals surface area contributed by atoms with Gasteiger partial charge in [0, 0.05) is 6.42 Å². The van der Waals surface area contributed by atoms with E-state index in [2.05, 4.69) is 20.8 Å². The quantitative estimate of drug-likeness (QED) is 0.280. The fraction of sp³-hybridized carbons (Fsp3) is 0.882. The molecule has 3 nitrogen and oxygen atoms in total. The van der Waals surface area contributed by atoms with Gasteiger partial charge in [-0.3, -0.25) is 4.79 Å². The summed E-state index contributed by atoms with van der Waals surface area (Å²) < 4.78 is 5.00. The van der Waals surface area contributed by atoms with E-state index in [0.717, 1.165) is 32.1 Å². The van der Waals surface area contributed by atoms with Crippen LogP contribution in [0.1, 0.15) is 85.0 Å². The Morgan fingerprint density at radius 1 is 0.900 bits per heavy atom. The summed E-state index contributed by atoms with van der Waals surface area (Å²) in [5.74, 6) is -0.340. The largest absolute Gasteiger partial charge is 0.460 e. The van der Waals surface area contributed by atoms with Gasteiger partial charge in [0.25, 0.3) is 0 Å². The van der Waals surface area contributed by atoms with E-state index < -0.39 is 5.97 Å². The SMILES string of the molecule is CCCCCCCCOC(=O)C(=O)CCCCC(C)C. The first-order valence-corrected chi connectivity index (χ1v) is 8.27. The lowest BCUT2D eigenvalue weighted by Gasteiger charge is -2.05. The van der Waals surface area contributed by atoms with E-state index >= 15 is 0 Å². The van der Waals surface area contributed by atoms with E-state index in [1.165, 1.54) is 25.7 Å². The molecule has 0 unspecified atom stereocenters. The van der Waals surface area contributed by atoms with Gasteiger partial charge in [-0.2, -0.15) is 0 Å². The second-order valence-corrected chi connectivity index (χ2v) is 5.97. The summed E-state index contributed by atoms with van der Waals surface area (Å²) in [7, 11) is 0. The maximum atomic E-state index is 11.5. The maximum absolute atomic E-state index is 11.5. The molecule has 0 aromatic carbocycles. The zero-order valence-electron chi connectivity index (χ0n) is 13.6. The van der Waals surface area contributed by atoms with Gasteiger partial charge in [0.1, 0.15) is 0 Å². The van der Waals surface area contributed by atoms with E-state index in [4.69, 9.17) is 4.74 Å². The molecule has 0 atom stereocenters. The van der Waals surface area contributed by atoms with Crippen molar-refractivity contribution in [1.82, 2.24) is 0 Å². The fourth-order valence-electron chi connectivity index (χ4n) is 2.07. The van der Waals surface area contributed by atoms with Crippen LogP contribution in [0.4, 0.5) is 0 Å². The van der Waals surface area contributed by atoms with Gasteiger partial charge in [0.2, 0.25) is 5.78 Å². The Balaban J connectivity index is 3.44. The van der Waals surface area contributed by atoms with Gasteiger partial charge in [0.05, 0.1) is 6.61 Å². The molecule has 0 N–H and O–H groups in total.